The maximum atomic E-state index is 12.2. The van der Waals surface area contributed by atoms with Crippen molar-refractivity contribution in [2.75, 3.05) is 0 Å². The molecule has 0 aliphatic rings. The van der Waals surface area contributed by atoms with Gasteiger partial charge < -0.3 is 4.57 Å². The third kappa shape index (κ3) is 2.61. The minimum atomic E-state index is -0.483. The molecule has 0 bridgehead atoms. The van der Waals surface area contributed by atoms with E-state index in [0.717, 1.165) is 11.4 Å². The summed E-state index contributed by atoms with van der Waals surface area (Å²) in [6.45, 7) is 3.74. The second kappa shape index (κ2) is 5.01. The first-order chi connectivity index (χ1) is 8.90. The lowest BCUT2D eigenvalue weighted by atomic mass is 10.1. The summed E-state index contributed by atoms with van der Waals surface area (Å²) in [5.74, 6) is -0.132. The summed E-state index contributed by atoms with van der Waals surface area (Å²) < 4.78 is 3.15. The molecule has 0 N–H and O–H groups in total. The Balaban J connectivity index is 2.33. The molecule has 100 valence electrons. The average Bonchev–Trinajstić information content (AvgIpc) is 2.62. The predicted molar refractivity (Wildman–Crippen MR) is 72.7 cm³/mol. The molecule has 2 aromatic heterocycles. The van der Waals surface area contributed by atoms with Gasteiger partial charge in [0.15, 0.2) is 5.78 Å². The van der Waals surface area contributed by atoms with Gasteiger partial charge in [0.05, 0.1) is 17.8 Å². The van der Waals surface area contributed by atoms with Gasteiger partial charge in [-0.15, -0.1) is 0 Å². The Hall–Kier alpha value is -1.88. The third-order valence-electron chi connectivity index (χ3n) is 3.21. The van der Waals surface area contributed by atoms with Crippen molar-refractivity contribution in [2.24, 2.45) is 7.05 Å². The highest BCUT2D eigenvalue weighted by Gasteiger charge is 2.15. The molecular formula is C13H14ClN3O2. The number of aromatic nitrogens is 3. The molecule has 19 heavy (non-hydrogen) atoms. The van der Waals surface area contributed by atoms with Crippen LogP contribution >= 0.6 is 11.6 Å². The summed E-state index contributed by atoms with van der Waals surface area (Å²) in [6.07, 6.45) is 2.68. The lowest BCUT2D eigenvalue weighted by molar-refractivity contribution is 0.0969. The van der Waals surface area contributed by atoms with Crippen molar-refractivity contribution in [3.63, 3.8) is 0 Å². The van der Waals surface area contributed by atoms with E-state index in [1.807, 2.05) is 31.5 Å². The van der Waals surface area contributed by atoms with Crippen LogP contribution < -0.4 is 5.69 Å². The fraction of sp³-hybridized carbons (Fsp3) is 0.308. The topological polar surface area (TPSA) is 56.9 Å². The van der Waals surface area contributed by atoms with E-state index in [9.17, 15) is 9.59 Å². The number of carbonyl (C=O) groups excluding carboxylic acids is 1. The van der Waals surface area contributed by atoms with Crippen LogP contribution in [-0.4, -0.2) is 19.9 Å². The maximum Gasteiger partial charge on any atom is 0.348 e. The highest BCUT2D eigenvalue weighted by molar-refractivity contribution is 6.30. The van der Waals surface area contributed by atoms with Gasteiger partial charge in [-0.2, -0.15) is 0 Å². The molecular weight excluding hydrogens is 266 g/mol. The monoisotopic (exact) mass is 279 g/mol. The van der Waals surface area contributed by atoms with Crippen molar-refractivity contribution >= 4 is 17.4 Å². The summed E-state index contributed by atoms with van der Waals surface area (Å²) in [6, 6.07) is 1.82. The smallest absolute Gasteiger partial charge is 0.348 e. The van der Waals surface area contributed by atoms with Gasteiger partial charge in [0.25, 0.3) is 0 Å². The van der Waals surface area contributed by atoms with Crippen molar-refractivity contribution in [2.45, 2.75) is 20.4 Å². The minimum Gasteiger partial charge on any atom is -0.351 e. The number of aryl methyl sites for hydroxylation is 1. The standard InChI is InChI=1S/C13H14ClN3O2/c1-8-4-11(9(2)16(8)3)12(18)7-17-6-10(14)5-15-13(17)19/h4-6H,7H2,1-3H3. The zero-order valence-electron chi connectivity index (χ0n) is 11.0. The fourth-order valence-electron chi connectivity index (χ4n) is 1.92. The molecule has 0 amide bonds. The normalized spacial score (nSPS) is 10.7. The minimum absolute atomic E-state index is 0.0588. The van der Waals surface area contributed by atoms with E-state index in [-0.39, 0.29) is 12.3 Å². The van der Waals surface area contributed by atoms with Gasteiger partial charge in [0.2, 0.25) is 0 Å². The van der Waals surface area contributed by atoms with Gasteiger partial charge in [0, 0.05) is 30.2 Å². The number of nitrogens with zero attached hydrogens (tertiary/aromatic N) is 3. The van der Waals surface area contributed by atoms with E-state index in [0.29, 0.717) is 10.6 Å². The molecule has 0 aliphatic heterocycles. The Labute approximate surface area is 115 Å². The SMILES string of the molecule is Cc1cc(C(=O)Cn2cc(Cl)cnc2=O)c(C)n1C. The van der Waals surface area contributed by atoms with Crippen molar-refractivity contribution < 1.29 is 4.79 Å². The molecule has 0 saturated carbocycles. The van der Waals surface area contributed by atoms with Gasteiger partial charge in [-0.05, 0) is 19.9 Å². The highest BCUT2D eigenvalue weighted by atomic mass is 35.5. The van der Waals surface area contributed by atoms with Crippen LogP contribution in [0.1, 0.15) is 21.7 Å². The van der Waals surface area contributed by atoms with Crippen molar-refractivity contribution in [3.05, 3.63) is 50.9 Å². The number of halogens is 1. The number of ketones is 1. The predicted octanol–water partition coefficient (Wildman–Crippen LogP) is 1.73. The number of carbonyl (C=O) groups is 1. The quantitative estimate of drug-likeness (QED) is 0.804. The van der Waals surface area contributed by atoms with Crippen molar-refractivity contribution in [3.8, 4) is 0 Å². The van der Waals surface area contributed by atoms with Crippen LogP contribution in [0.4, 0.5) is 0 Å². The average molecular weight is 280 g/mol. The summed E-state index contributed by atoms with van der Waals surface area (Å²) in [5.41, 5.74) is 2.01. The molecule has 0 unspecified atom stereocenters. The number of rotatable bonds is 3. The Morgan fingerprint density at radius 2 is 2.11 bits per heavy atom. The van der Waals surface area contributed by atoms with Crippen LogP contribution in [0.5, 0.6) is 0 Å². The van der Waals surface area contributed by atoms with Gasteiger partial charge in [-0.1, -0.05) is 11.6 Å². The first kappa shape index (κ1) is 13.5. The Bertz CT molecular complexity index is 700. The maximum absolute atomic E-state index is 12.2. The fourth-order valence-corrected chi connectivity index (χ4v) is 2.09. The Morgan fingerprint density at radius 1 is 1.42 bits per heavy atom. The second-order valence-electron chi connectivity index (χ2n) is 4.45. The van der Waals surface area contributed by atoms with Crippen molar-refractivity contribution in [1.82, 2.24) is 14.1 Å². The van der Waals surface area contributed by atoms with E-state index in [2.05, 4.69) is 4.98 Å². The second-order valence-corrected chi connectivity index (χ2v) is 4.89. The van der Waals surface area contributed by atoms with Gasteiger partial charge in [0.1, 0.15) is 0 Å². The van der Waals surface area contributed by atoms with Crippen LogP contribution in [0.25, 0.3) is 0 Å². The highest BCUT2D eigenvalue weighted by Crippen LogP contribution is 2.14. The van der Waals surface area contributed by atoms with Crippen molar-refractivity contribution in [1.29, 1.82) is 0 Å². The molecule has 2 aromatic rings. The molecule has 0 spiro atoms. The molecule has 0 radical (unpaired) electrons. The molecule has 2 rings (SSSR count). The van der Waals surface area contributed by atoms with Gasteiger partial charge >= 0.3 is 5.69 Å². The lowest BCUT2D eigenvalue weighted by Crippen LogP contribution is -2.25. The molecule has 0 fully saturated rings. The van der Waals surface area contributed by atoms with Crippen LogP contribution in [0.3, 0.4) is 0 Å². The molecule has 0 saturated heterocycles. The van der Waals surface area contributed by atoms with Crippen LogP contribution in [0.2, 0.25) is 5.02 Å². The first-order valence-electron chi connectivity index (χ1n) is 5.78. The van der Waals surface area contributed by atoms with Gasteiger partial charge in [-0.25, -0.2) is 9.78 Å². The first-order valence-corrected chi connectivity index (χ1v) is 6.16. The van der Waals surface area contributed by atoms with Gasteiger partial charge in [-0.3, -0.25) is 9.36 Å². The number of hydrogen-bond acceptors (Lipinski definition) is 3. The molecule has 0 aromatic carbocycles. The molecule has 0 atom stereocenters. The molecule has 6 heteroatoms. The summed E-state index contributed by atoms with van der Waals surface area (Å²) in [4.78, 5) is 27.3. The lowest BCUT2D eigenvalue weighted by Gasteiger charge is -2.05. The van der Waals surface area contributed by atoms with Crippen LogP contribution in [0.15, 0.2) is 23.3 Å². The molecule has 0 aliphatic carbocycles. The summed E-state index contributed by atoms with van der Waals surface area (Å²) >= 11 is 5.77. The summed E-state index contributed by atoms with van der Waals surface area (Å²) in [7, 11) is 1.90. The van der Waals surface area contributed by atoms with E-state index < -0.39 is 5.69 Å². The van der Waals surface area contributed by atoms with E-state index in [1.54, 1.807) is 0 Å². The van der Waals surface area contributed by atoms with E-state index in [4.69, 9.17) is 11.6 Å². The molecule has 5 nitrogen and oxygen atoms in total. The number of Topliss-reactive ketones (excluding diaryl/α,β-unsaturated/α-hetero) is 1. The van der Waals surface area contributed by atoms with Crippen LogP contribution in [-0.2, 0) is 13.6 Å². The number of hydrogen-bond donors (Lipinski definition) is 0. The molecule has 2 heterocycles. The van der Waals surface area contributed by atoms with E-state index in [1.165, 1.54) is 17.0 Å². The third-order valence-corrected chi connectivity index (χ3v) is 3.41. The summed E-state index contributed by atoms with van der Waals surface area (Å²) in [5, 5.41) is 0.327. The zero-order valence-corrected chi connectivity index (χ0v) is 11.7. The largest absolute Gasteiger partial charge is 0.351 e. The van der Waals surface area contributed by atoms with Crippen LogP contribution in [0, 0.1) is 13.8 Å². The Morgan fingerprint density at radius 3 is 2.68 bits per heavy atom. The van der Waals surface area contributed by atoms with E-state index >= 15 is 0 Å². The Kier molecular flexibility index (Phi) is 3.57. The zero-order chi connectivity index (χ0) is 14.2.